The van der Waals surface area contributed by atoms with E-state index < -0.39 is 6.10 Å². The van der Waals surface area contributed by atoms with Gasteiger partial charge in [-0.15, -0.1) is 0 Å². The van der Waals surface area contributed by atoms with Gasteiger partial charge in [-0.2, -0.15) is 0 Å². The smallest absolute Gasteiger partial charge is 0.0811 e. The Labute approximate surface area is 118 Å². The molecule has 3 N–H and O–H groups in total. The predicted octanol–water partition coefficient (Wildman–Crippen LogP) is 3.10. The summed E-state index contributed by atoms with van der Waals surface area (Å²) in [5, 5.41) is 9.65. The molecule has 0 saturated heterocycles. The van der Waals surface area contributed by atoms with E-state index in [4.69, 9.17) is 10.5 Å². The van der Waals surface area contributed by atoms with Gasteiger partial charge in [-0.1, -0.05) is 27.2 Å². The van der Waals surface area contributed by atoms with Crippen LogP contribution in [0.3, 0.4) is 0 Å². The lowest BCUT2D eigenvalue weighted by atomic mass is 9.76. The van der Waals surface area contributed by atoms with Crippen LogP contribution in [0.15, 0.2) is 0 Å². The molecule has 1 aliphatic rings. The molecule has 1 aliphatic carbocycles. The summed E-state index contributed by atoms with van der Waals surface area (Å²) in [5.41, 5.74) is 6.14. The summed E-state index contributed by atoms with van der Waals surface area (Å²) in [5.74, 6) is 0.742. The molecule has 4 atom stereocenters. The summed E-state index contributed by atoms with van der Waals surface area (Å²) in [7, 11) is 0. The summed E-state index contributed by atoms with van der Waals surface area (Å²) in [4.78, 5) is 0. The lowest BCUT2D eigenvalue weighted by Gasteiger charge is -2.36. The quantitative estimate of drug-likeness (QED) is 0.773. The zero-order chi connectivity index (χ0) is 14.7. The van der Waals surface area contributed by atoms with Gasteiger partial charge in [-0.05, 0) is 50.9 Å². The van der Waals surface area contributed by atoms with Gasteiger partial charge in [0, 0.05) is 6.54 Å². The van der Waals surface area contributed by atoms with Gasteiger partial charge < -0.3 is 15.6 Å². The van der Waals surface area contributed by atoms with Crippen molar-refractivity contribution in [3.8, 4) is 0 Å². The summed E-state index contributed by atoms with van der Waals surface area (Å²) in [6.45, 7) is 11.3. The number of aliphatic hydroxyl groups excluding tert-OH is 1. The first kappa shape index (κ1) is 16.9. The topological polar surface area (TPSA) is 55.5 Å². The fourth-order valence-electron chi connectivity index (χ4n) is 3.11. The molecule has 0 heterocycles. The van der Waals surface area contributed by atoms with E-state index in [9.17, 15) is 5.11 Å². The maximum absolute atomic E-state index is 9.65. The second-order valence-corrected chi connectivity index (χ2v) is 7.44. The molecule has 1 rings (SSSR count). The first-order valence-corrected chi connectivity index (χ1v) is 7.76. The second-order valence-electron chi connectivity index (χ2n) is 7.44. The monoisotopic (exact) mass is 271 g/mol. The molecule has 0 radical (unpaired) electrons. The number of nitrogens with two attached hydrogens (primary N) is 1. The Morgan fingerprint density at radius 1 is 1.26 bits per heavy atom. The third-order valence-corrected chi connectivity index (χ3v) is 4.85. The van der Waals surface area contributed by atoms with Crippen LogP contribution < -0.4 is 5.73 Å². The van der Waals surface area contributed by atoms with Crippen LogP contribution in [0, 0.1) is 11.3 Å². The van der Waals surface area contributed by atoms with E-state index in [1.165, 1.54) is 19.3 Å². The highest BCUT2D eigenvalue weighted by molar-refractivity contribution is 4.90. The fraction of sp³-hybridized carbons (Fsp3) is 1.00. The van der Waals surface area contributed by atoms with Crippen molar-refractivity contribution in [2.24, 2.45) is 17.1 Å². The maximum Gasteiger partial charge on any atom is 0.0811 e. The zero-order valence-electron chi connectivity index (χ0n) is 13.4. The summed E-state index contributed by atoms with van der Waals surface area (Å²) >= 11 is 0. The average Bonchev–Trinajstić information content (AvgIpc) is 2.51. The van der Waals surface area contributed by atoms with Gasteiger partial charge in [0.2, 0.25) is 0 Å². The highest BCUT2D eigenvalue weighted by atomic mass is 16.5. The molecule has 4 unspecified atom stereocenters. The fourth-order valence-corrected chi connectivity index (χ4v) is 3.11. The molecule has 0 spiro atoms. The van der Waals surface area contributed by atoms with Gasteiger partial charge in [-0.25, -0.2) is 0 Å². The van der Waals surface area contributed by atoms with Crippen molar-refractivity contribution in [3.63, 3.8) is 0 Å². The van der Waals surface area contributed by atoms with Crippen LogP contribution >= 0.6 is 0 Å². The molecule has 0 amide bonds. The molecule has 3 heteroatoms. The Morgan fingerprint density at radius 3 is 2.37 bits per heavy atom. The Kier molecular flexibility index (Phi) is 5.84. The molecule has 1 fully saturated rings. The van der Waals surface area contributed by atoms with Crippen LogP contribution in [0.5, 0.6) is 0 Å². The van der Waals surface area contributed by atoms with Crippen molar-refractivity contribution >= 4 is 0 Å². The van der Waals surface area contributed by atoms with Crippen molar-refractivity contribution in [1.82, 2.24) is 0 Å². The predicted molar refractivity (Wildman–Crippen MR) is 80.0 cm³/mol. The highest BCUT2D eigenvalue weighted by Crippen LogP contribution is 2.41. The van der Waals surface area contributed by atoms with E-state index in [1.807, 2.05) is 6.92 Å². The summed E-state index contributed by atoms with van der Waals surface area (Å²) < 4.78 is 6.16. The van der Waals surface area contributed by atoms with Crippen LogP contribution in [0.25, 0.3) is 0 Å². The highest BCUT2D eigenvalue weighted by Gasteiger charge is 2.37. The summed E-state index contributed by atoms with van der Waals surface area (Å²) in [6, 6.07) is 0. The standard InChI is InChI=1S/C16H33NO2/c1-12(18)13(2)19-16(11-17)9-6-7-14(8-10-16)15(3,4)5/h12-14,18H,6-11,17H2,1-5H3. The van der Waals surface area contributed by atoms with Crippen molar-refractivity contribution in [2.45, 2.75) is 84.5 Å². The van der Waals surface area contributed by atoms with Crippen LogP contribution in [-0.2, 0) is 4.74 Å². The van der Waals surface area contributed by atoms with Crippen LogP contribution in [-0.4, -0.2) is 29.5 Å². The molecular formula is C16H33NO2. The van der Waals surface area contributed by atoms with Crippen molar-refractivity contribution in [2.75, 3.05) is 6.54 Å². The minimum atomic E-state index is -0.440. The Hall–Kier alpha value is -0.120. The first-order chi connectivity index (χ1) is 8.70. The zero-order valence-corrected chi connectivity index (χ0v) is 13.4. The van der Waals surface area contributed by atoms with E-state index in [-0.39, 0.29) is 11.7 Å². The molecule has 0 aromatic carbocycles. The number of hydrogen-bond acceptors (Lipinski definition) is 3. The van der Waals surface area contributed by atoms with Gasteiger partial charge in [0.15, 0.2) is 0 Å². The van der Waals surface area contributed by atoms with E-state index >= 15 is 0 Å². The van der Waals surface area contributed by atoms with Crippen molar-refractivity contribution in [1.29, 1.82) is 0 Å². The number of ether oxygens (including phenoxy) is 1. The lowest BCUT2D eigenvalue weighted by molar-refractivity contribution is -0.126. The number of hydrogen-bond donors (Lipinski definition) is 2. The summed E-state index contributed by atoms with van der Waals surface area (Å²) in [6.07, 6.45) is 5.06. The number of aliphatic hydroxyl groups is 1. The van der Waals surface area contributed by atoms with Gasteiger partial charge in [0.1, 0.15) is 0 Å². The van der Waals surface area contributed by atoms with Crippen LogP contribution in [0.4, 0.5) is 0 Å². The molecule has 0 bridgehead atoms. The second kappa shape index (κ2) is 6.55. The largest absolute Gasteiger partial charge is 0.391 e. The normalized spacial score (nSPS) is 32.7. The SMILES string of the molecule is CC(O)C(C)OC1(CN)CCCC(C(C)(C)C)CC1. The van der Waals surface area contributed by atoms with Gasteiger partial charge in [-0.3, -0.25) is 0 Å². The van der Waals surface area contributed by atoms with Crippen molar-refractivity contribution in [3.05, 3.63) is 0 Å². The first-order valence-electron chi connectivity index (χ1n) is 7.76. The third kappa shape index (κ3) is 4.73. The van der Waals surface area contributed by atoms with Gasteiger partial charge in [0.25, 0.3) is 0 Å². The van der Waals surface area contributed by atoms with Crippen LogP contribution in [0.1, 0.15) is 66.7 Å². The molecule has 114 valence electrons. The van der Waals surface area contributed by atoms with E-state index in [2.05, 4.69) is 20.8 Å². The maximum atomic E-state index is 9.65. The Bertz CT molecular complexity index is 272. The lowest BCUT2D eigenvalue weighted by Crippen LogP contribution is -2.45. The molecular weight excluding hydrogens is 238 g/mol. The minimum Gasteiger partial charge on any atom is -0.391 e. The molecule has 0 aromatic rings. The van der Waals surface area contributed by atoms with Gasteiger partial charge >= 0.3 is 0 Å². The van der Waals surface area contributed by atoms with E-state index in [0.29, 0.717) is 12.0 Å². The molecule has 0 aliphatic heterocycles. The molecule has 19 heavy (non-hydrogen) atoms. The Balaban J connectivity index is 2.70. The minimum absolute atomic E-state index is 0.144. The Morgan fingerprint density at radius 2 is 1.89 bits per heavy atom. The third-order valence-electron chi connectivity index (χ3n) is 4.85. The average molecular weight is 271 g/mol. The van der Waals surface area contributed by atoms with Gasteiger partial charge in [0.05, 0.1) is 17.8 Å². The van der Waals surface area contributed by atoms with Crippen molar-refractivity contribution < 1.29 is 9.84 Å². The number of rotatable bonds is 4. The molecule has 3 nitrogen and oxygen atoms in total. The molecule has 0 aromatic heterocycles. The van der Waals surface area contributed by atoms with E-state index in [0.717, 1.165) is 18.8 Å². The van der Waals surface area contributed by atoms with Crippen LogP contribution in [0.2, 0.25) is 0 Å². The van der Waals surface area contributed by atoms with E-state index in [1.54, 1.807) is 6.92 Å². The molecule has 1 saturated carbocycles.